The minimum absolute atomic E-state index is 0.256. The van der Waals surface area contributed by atoms with E-state index >= 15 is 0 Å². The Morgan fingerprint density at radius 1 is 0.941 bits per heavy atom. The first kappa shape index (κ1) is 10.4. The molecule has 1 aliphatic rings. The van der Waals surface area contributed by atoms with Crippen LogP contribution in [0.1, 0.15) is 11.9 Å². The summed E-state index contributed by atoms with van der Waals surface area (Å²) in [5.74, 6) is 0. The van der Waals surface area contributed by atoms with Crippen molar-refractivity contribution < 1.29 is 9.47 Å². The standard InChI is InChI=1S/C14H13NO2/c1-2-6-12(14-16-9-10-17-14)11(5-1)13-7-3-4-8-15-13/h1-8,14H,9-10H2. The van der Waals surface area contributed by atoms with E-state index in [2.05, 4.69) is 4.98 Å². The van der Waals surface area contributed by atoms with E-state index in [0.717, 1.165) is 16.8 Å². The molecule has 0 aliphatic carbocycles. The average molecular weight is 227 g/mol. The van der Waals surface area contributed by atoms with Crippen molar-refractivity contribution in [2.45, 2.75) is 6.29 Å². The maximum absolute atomic E-state index is 5.55. The van der Waals surface area contributed by atoms with Crippen molar-refractivity contribution >= 4 is 0 Å². The molecule has 0 radical (unpaired) electrons. The van der Waals surface area contributed by atoms with Crippen LogP contribution in [0.4, 0.5) is 0 Å². The van der Waals surface area contributed by atoms with Crippen molar-refractivity contribution in [1.82, 2.24) is 4.98 Å². The van der Waals surface area contributed by atoms with Crippen molar-refractivity contribution in [2.24, 2.45) is 0 Å². The van der Waals surface area contributed by atoms with Gasteiger partial charge in [0, 0.05) is 17.3 Å². The third-order valence-corrected chi connectivity index (χ3v) is 2.78. The number of pyridine rings is 1. The van der Waals surface area contributed by atoms with Gasteiger partial charge in [0.2, 0.25) is 0 Å². The second-order valence-electron chi connectivity index (χ2n) is 3.88. The molecular weight excluding hydrogens is 214 g/mol. The fourth-order valence-corrected chi connectivity index (χ4v) is 2.00. The highest BCUT2D eigenvalue weighted by molar-refractivity contribution is 5.63. The Hall–Kier alpha value is -1.71. The molecule has 1 fully saturated rings. The molecule has 1 aliphatic heterocycles. The normalized spacial score (nSPS) is 16.2. The quantitative estimate of drug-likeness (QED) is 0.790. The van der Waals surface area contributed by atoms with Crippen molar-refractivity contribution in [1.29, 1.82) is 0 Å². The largest absolute Gasteiger partial charge is 0.346 e. The minimum atomic E-state index is -0.256. The lowest BCUT2D eigenvalue weighted by atomic mass is 10.0. The third kappa shape index (κ3) is 2.07. The Morgan fingerprint density at radius 3 is 2.47 bits per heavy atom. The van der Waals surface area contributed by atoms with E-state index in [1.165, 1.54) is 0 Å². The van der Waals surface area contributed by atoms with Gasteiger partial charge in [0.1, 0.15) is 0 Å². The second kappa shape index (κ2) is 4.65. The van der Waals surface area contributed by atoms with Crippen LogP contribution in [0.2, 0.25) is 0 Å². The molecule has 2 aromatic rings. The predicted molar refractivity (Wildman–Crippen MR) is 64.3 cm³/mol. The zero-order chi connectivity index (χ0) is 11.5. The first-order valence-corrected chi connectivity index (χ1v) is 5.69. The van der Waals surface area contributed by atoms with Gasteiger partial charge in [-0.2, -0.15) is 0 Å². The molecule has 3 heteroatoms. The molecule has 3 nitrogen and oxygen atoms in total. The van der Waals surface area contributed by atoms with Crippen molar-refractivity contribution in [2.75, 3.05) is 13.2 Å². The van der Waals surface area contributed by atoms with Gasteiger partial charge in [0.05, 0.1) is 18.9 Å². The van der Waals surface area contributed by atoms with Gasteiger partial charge >= 0.3 is 0 Å². The lowest BCUT2D eigenvalue weighted by Gasteiger charge is -2.13. The lowest BCUT2D eigenvalue weighted by Crippen LogP contribution is -2.00. The summed E-state index contributed by atoms with van der Waals surface area (Å²) in [7, 11) is 0. The molecule has 0 N–H and O–H groups in total. The van der Waals surface area contributed by atoms with E-state index in [9.17, 15) is 0 Å². The number of ether oxygens (including phenoxy) is 2. The molecule has 3 rings (SSSR count). The highest BCUT2D eigenvalue weighted by Crippen LogP contribution is 2.31. The van der Waals surface area contributed by atoms with Crippen LogP contribution in [0.5, 0.6) is 0 Å². The smallest absolute Gasteiger partial charge is 0.184 e. The van der Waals surface area contributed by atoms with Crippen LogP contribution in [0.15, 0.2) is 48.7 Å². The summed E-state index contributed by atoms with van der Waals surface area (Å²) in [5, 5.41) is 0. The lowest BCUT2D eigenvalue weighted by molar-refractivity contribution is -0.0436. The Labute approximate surface area is 100 Å². The highest BCUT2D eigenvalue weighted by Gasteiger charge is 2.21. The van der Waals surface area contributed by atoms with Crippen LogP contribution >= 0.6 is 0 Å². The number of hydrogen-bond donors (Lipinski definition) is 0. The third-order valence-electron chi connectivity index (χ3n) is 2.78. The molecule has 0 atom stereocenters. The van der Waals surface area contributed by atoms with Gasteiger partial charge < -0.3 is 9.47 Å². The highest BCUT2D eigenvalue weighted by atomic mass is 16.7. The van der Waals surface area contributed by atoms with Crippen LogP contribution in [0.25, 0.3) is 11.3 Å². The van der Waals surface area contributed by atoms with Crippen molar-refractivity contribution in [3.63, 3.8) is 0 Å². The number of rotatable bonds is 2. The summed E-state index contributed by atoms with van der Waals surface area (Å²) < 4.78 is 11.1. The topological polar surface area (TPSA) is 31.4 Å². The van der Waals surface area contributed by atoms with E-state index in [0.29, 0.717) is 13.2 Å². The van der Waals surface area contributed by atoms with Crippen LogP contribution in [-0.4, -0.2) is 18.2 Å². The zero-order valence-corrected chi connectivity index (χ0v) is 9.37. The maximum atomic E-state index is 5.55. The number of aromatic nitrogens is 1. The molecule has 1 aromatic heterocycles. The second-order valence-corrected chi connectivity index (χ2v) is 3.88. The summed E-state index contributed by atoms with van der Waals surface area (Å²) in [4.78, 5) is 4.37. The molecule has 1 saturated heterocycles. The molecule has 17 heavy (non-hydrogen) atoms. The van der Waals surface area contributed by atoms with Crippen LogP contribution in [0.3, 0.4) is 0 Å². The molecule has 2 heterocycles. The fourth-order valence-electron chi connectivity index (χ4n) is 2.00. The summed E-state index contributed by atoms with van der Waals surface area (Å²) in [6, 6.07) is 14.0. The molecular formula is C14H13NO2. The average Bonchev–Trinajstić information content (AvgIpc) is 2.94. The molecule has 0 unspecified atom stereocenters. The van der Waals surface area contributed by atoms with Gasteiger partial charge in [-0.1, -0.05) is 30.3 Å². The van der Waals surface area contributed by atoms with Gasteiger partial charge in [-0.15, -0.1) is 0 Å². The molecule has 0 bridgehead atoms. The van der Waals surface area contributed by atoms with Gasteiger partial charge in [-0.05, 0) is 12.1 Å². The zero-order valence-electron chi connectivity index (χ0n) is 9.37. The van der Waals surface area contributed by atoms with E-state index in [-0.39, 0.29) is 6.29 Å². The van der Waals surface area contributed by atoms with Gasteiger partial charge in [-0.3, -0.25) is 4.98 Å². The van der Waals surface area contributed by atoms with Gasteiger partial charge in [-0.25, -0.2) is 0 Å². The monoisotopic (exact) mass is 227 g/mol. The van der Waals surface area contributed by atoms with Crippen LogP contribution in [-0.2, 0) is 9.47 Å². The minimum Gasteiger partial charge on any atom is -0.346 e. The van der Waals surface area contributed by atoms with E-state index in [1.54, 1.807) is 6.20 Å². The van der Waals surface area contributed by atoms with Crippen LogP contribution in [0, 0.1) is 0 Å². The number of hydrogen-bond acceptors (Lipinski definition) is 3. The number of benzene rings is 1. The summed E-state index contributed by atoms with van der Waals surface area (Å²) in [5.41, 5.74) is 3.06. The van der Waals surface area contributed by atoms with E-state index in [4.69, 9.17) is 9.47 Å². The Bertz CT molecular complexity index is 493. The fraction of sp³-hybridized carbons (Fsp3) is 0.214. The Balaban J connectivity index is 2.04. The first-order chi connectivity index (χ1) is 8.45. The van der Waals surface area contributed by atoms with Crippen molar-refractivity contribution in [3.8, 4) is 11.3 Å². The Morgan fingerprint density at radius 2 is 1.71 bits per heavy atom. The van der Waals surface area contributed by atoms with E-state index < -0.39 is 0 Å². The molecule has 86 valence electrons. The van der Waals surface area contributed by atoms with Gasteiger partial charge in [0.25, 0.3) is 0 Å². The molecule has 0 amide bonds. The summed E-state index contributed by atoms with van der Waals surface area (Å²) in [6.45, 7) is 1.31. The predicted octanol–water partition coefficient (Wildman–Crippen LogP) is 2.79. The Kier molecular flexibility index (Phi) is 2.86. The van der Waals surface area contributed by atoms with E-state index in [1.807, 2.05) is 42.5 Å². The SMILES string of the molecule is c1ccc(-c2ccccc2C2OCCO2)nc1. The maximum Gasteiger partial charge on any atom is 0.184 e. The summed E-state index contributed by atoms with van der Waals surface area (Å²) in [6.07, 6.45) is 1.54. The first-order valence-electron chi connectivity index (χ1n) is 5.69. The summed E-state index contributed by atoms with van der Waals surface area (Å²) >= 11 is 0. The van der Waals surface area contributed by atoms with Gasteiger partial charge in [0.15, 0.2) is 6.29 Å². The number of nitrogens with zero attached hydrogens (tertiary/aromatic N) is 1. The molecule has 0 spiro atoms. The van der Waals surface area contributed by atoms with Crippen molar-refractivity contribution in [3.05, 3.63) is 54.2 Å². The molecule has 0 saturated carbocycles. The molecule has 1 aromatic carbocycles. The van der Waals surface area contributed by atoms with Crippen LogP contribution < -0.4 is 0 Å².